The van der Waals surface area contributed by atoms with E-state index in [4.69, 9.17) is 0 Å². The molecule has 0 aliphatic heterocycles. The Morgan fingerprint density at radius 3 is 2.65 bits per heavy atom. The molecule has 0 aliphatic rings. The summed E-state index contributed by atoms with van der Waals surface area (Å²) < 4.78 is 25.2. The van der Waals surface area contributed by atoms with Gasteiger partial charge in [-0.05, 0) is 42.3 Å². The largest absolute Gasteiger partial charge is 0.321 e. The number of hydrogen-bond donors (Lipinski definition) is 2. The number of pyridine rings is 1. The van der Waals surface area contributed by atoms with Crippen LogP contribution in [0.25, 0.3) is 6.08 Å². The fraction of sp³-hybridized carbons (Fsp3) is 0.125. The molecule has 0 aliphatic carbocycles. The average Bonchev–Trinajstić information content (AvgIpc) is 2.48. The molecule has 0 radical (unpaired) electrons. The summed E-state index contributed by atoms with van der Waals surface area (Å²) in [4.78, 5) is 16.0. The fourth-order valence-electron chi connectivity index (χ4n) is 1.87. The van der Waals surface area contributed by atoms with Gasteiger partial charge < -0.3 is 5.32 Å². The number of nitrogens with one attached hydrogen (secondary N) is 2. The Balaban J connectivity index is 2.17. The van der Waals surface area contributed by atoms with Crippen LogP contribution in [-0.2, 0) is 14.8 Å². The molecule has 0 saturated heterocycles. The van der Waals surface area contributed by atoms with Crippen molar-refractivity contribution in [3.05, 3.63) is 59.9 Å². The summed E-state index contributed by atoms with van der Waals surface area (Å²) in [5, 5.41) is 2.67. The normalized spacial score (nSPS) is 11.4. The van der Waals surface area contributed by atoms with Crippen molar-refractivity contribution < 1.29 is 13.2 Å². The van der Waals surface area contributed by atoms with E-state index in [-0.39, 0.29) is 5.91 Å². The molecule has 0 unspecified atom stereocenters. The number of aromatic nitrogens is 1. The number of aryl methyl sites for hydroxylation is 1. The van der Waals surface area contributed by atoms with Crippen molar-refractivity contribution in [1.82, 2.24) is 4.98 Å². The third-order valence-corrected chi connectivity index (χ3v) is 3.43. The molecular formula is C16H17N3O3S. The highest BCUT2D eigenvalue weighted by atomic mass is 32.2. The lowest BCUT2D eigenvalue weighted by atomic mass is 10.2. The van der Waals surface area contributed by atoms with Crippen LogP contribution in [0.1, 0.15) is 11.1 Å². The molecule has 6 nitrogen and oxygen atoms in total. The third kappa shape index (κ3) is 5.55. The molecule has 2 aromatic rings. The summed E-state index contributed by atoms with van der Waals surface area (Å²) in [6.07, 6.45) is 7.33. The molecule has 2 N–H and O–H groups in total. The Kier molecular flexibility index (Phi) is 5.13. The third-order valence-electron chi connectivity index (χ3n) is 2.84. The van der Waals surface area contributed by atoms with Gasteiger partial charge in [0.15, 0.2) is 0 Å². The molecule has 0 fully saturated rings. The Bertz CT molecular complexity index is 831. The lowest BCUT2D eigenvalue weighted by Gasteiger charge is -2.12. The minimum atomic E-state index is -3.43. The number of anilines is 2. The highest BCUT2D eigenvalue weighted by Gasteiger charge is 2.09. The van der Waals surface area contributed by atoms with Crippen LogP contribution in [0.2, 0.25) is 0 Å². The maximum Gasteiger partial charge on any atom is 0.248 e. The average molecular weight is 331 g/mol. The van der Waals surface area contributed by atoms with Crippen LogP contribution in [-0.4, -0.2) is 25.6 Å². The van der Waals surface area contributed by atoms with Crippen LogP contribution in [0, 0.1) is 6.92 Å². The molecule has 1 aromatic heterocycles. The second-order valence-electron chi connectivity index (χ2n) is 5.03. The monoisotopic (exact) mass is 331 g/mol. The Labute approximate surface area is 135 Å². The molecule has 0 saturated carbocycles. The van der Waals surface area contributed by atoms with Gasteiger partial charge in [0.05, 0.1) is 17.6 Å². The minimum absolute atomic E-state index is 0.321. The molecule has 120 valence electrons. The standard InChI is InChI=1S/C16H17N3O3S/c1-12-5-7-14(19-23(2,21)22)15(10-12)18-16(20)8-6-13-4-3-9-17-11-13/h3-11,19H,1-2H3,(H,18,20)/b8-6+. The lowest BCUT2D eigenvalue weighted by Crippen LogP contribution is -2.14. The molecule has 1 heterocycles. The Morgan fingerprint density at radius 2 is 2.00 bits per heavy atom. The number of nitrogens with zero attached hydrogens (tertiary/aromatic N) is 1. The van der Waals surface area contributed by atoms with E-state index in [1.165, 1.54) is 6.08 Å². The SMILES string of the molecule is Cc1ccc(NS(C)(=O)=O)c(NC(=O)/C=C/c2cccnc2)c1. The number of carbonyl (C=O) groups is 1. The van der Waals surface area contributed by atoms with Crippen LogP contribution < -0.4 is 10.0 Å². The summed E-state index contributed by atoms with van der Waals surface area (Å²) >= 11 is 0. The van der Waals surface area contributed by atoms with Crippen LogP contribution in [0.3, 0.4) is 0 Å². The van der Waals surface area contributed by atoms with E-state index in [0.717, 1.165) is 17.4 Å². The molecule has 7 heteroatoms. The van der Waals surface area contributed by atoms with Crippen LogP contribution in [0.4, 0.5) is 11.4 Å². The van der Waals surface area contributed by atoms with Gasteiger partial charge in [0.2, 0.25) is 15.9 Å². The van der Waals surface area contributed by atoms with Gasteiger partial charge in [-0.25, -0.2) is 8.42 Å². The van der Waals surface area contributed by atoms with Crippen molar-refractivity contribution in [1.29, 1.82) is 0 Å². The van der Waals surface area contributed by atoms with Crippen LogP contribution >= 0.6 is 0 Å². The number of carbonyl (C=O) groups excluding carboxylic acids is 1. The number of hydrogen-bond acceptors (Lipinski definition) is 4. The smallest absolute Gasteiger partial charge is 0.248 e. The van der Waals surface area contributed by atoms with Gasteiger partial charge in [-0.2, -0.15) is 0 Å². The summed E-state index contributed by atoms with van der Waals surface area (Å²) in [6, 6.07) is 8.65. The van der Waals surface area contributed by atoms with Gasteiger partial charge in [-0.1, -0.05) is 12.1 Å². The van der Waals surface area contributed by atoms with Crippen molar-refractivity contribution in [2.75, 3.05) is 16.3 Å². The number of amides is 1. The van der Waals surface area contributed by atoms with E-state index >= 15 is 0 Å². The van der Waals surface area contributed by atoms with Crippen molar-refractivity contribution in [2.24, 2.45) is 0 Å². The summed E-state index contributed by atoms with van der Waals surface area (Å²) in [5.74, 6) is -0.365. The summed E-state index contributed by atoms with van der Waals surface area (Å²) in [7, 11) is -3.43. The van der Waals surface area contributed by atoms with E-state index in [1.54, 1.807) is 42.7 Å². The van der Waals surface area contributed by atoms with E-state index in [1.807, 2.05) is 13.0 Å². The highest BCUT2D eigenvalue weighted by molar-refractivity contribution is 7.92. The summed E-state index contributed by atoms with van der Waals surface area (Å²) in [5.41, 5.74) is 2.41. The maximum absolute atomic E-state index is 12.0. The minimum Gasteiger partial charge on any atom is -0.321 e. The lowest BCUT2D eigenvalue weighted by molar-refractivity contribution is -0.111. The zero-order valence-corrected chi connectivity index (χ0v) is 13.6. The maximum atomic E-state index is 12.0. The van der Waals surface area contributed by atoms with Gasteiger partial charge in [-0.3, -0.25) is 14.5 Å². The highest BCUT2D eigenvalue weighted by Crippen LogP contribution is 2.24. The molecule has 2 rings (SSSR count). The number of benzene rings is 1. The van der Waals surface area contributed by atoms with Crippen LogP contribution in [0.15, 0.2) is 48.8 Å². The molecule has 0 spiro atoms. The van der Waals surface area contributed by atoms with E-state index in [2.05, 4.69) is 15.0 Å². The van der Waals surface area contributed by atoms with Gasteiger partial charge in [0.1, 0.15) is 0 Å². The van der Waals surface area contributed by atoms with Gasteiger partial charge in [0.25, 0.3) is 0 Å². The second kappa shape index (κ2) is 7.06. The van der Waals surface area contributed by atoms with E-state index in [9.17, 15) is 13.2 Å². The van der Waals surface area contributed by atoms with E-state index in [0.29, 0.717) is 11.4 Å². The topological polar surface area (TPSA) is 88.2 Å². The van der Waals surface area contributed by atoms with Gasteiger partial charge >= 0.3 is 0 Å². The van der Waals surface area contributed by atoms with Crippen molar-refractivity contribution in [2.45, 2.75) is 6.92 Å². The zero-order valence-electron chi connectivity index (χ0n) is 12.8. The van der Waals surface area contributed by atoms with E-state index < -0.39 is 10.0 Å². The molecule has 0 bridgehead atoms. The van der Waals surface area contributed by atoms with Crippen molar-refractivity contribution in [3.8, 4) is 0 Å². The first-order valence-corrected chi connectivity index (χ1v) is 8.70. The van der Waals surface area contributed by atoms with Crippen molar-refractivity contribution >= 4 is 33.4 Å². The number of sulfonamides is 1. The van der Waals surface area contributed by atoms with Gasteiger partial charge in [0, 0.05) is 18.5 Å². The second-order valence-corrected chi connectivity index (χ2v) is 6.78. The molecule has 23 heavy (non-hydrogen) atoms. The molecule has 1 aromatic carbocycles. The summed E-state index contributed by atoms with van der Waals surface area (Å²) in [6.45, 7) is 1.85. The predicted molar refractivity (Wildman–Crippen MR) is 91.5 cm³/mol. The van der Waals surface area contributed by atoms with Crippen LogP contribution in [0.5, 0.6) is 0 Å². The first kappa shape index (κ1) is 16.7. The first-order chi connectivity index (χ1) is 10.8. The molecule has 1 amide bonds. The Hall–Kier alpha value is -2.67. The van der Waals surface area contributed by atoms with Crippen molar-refractivity contribution in [3.63, 3.8) is 0 Å². The number of rotatable bonds is 5. The van der Waals surface area contributed by atoms with Gasteiger partial charge in [-0.15, -0.1) is 0 Å². The zero-order chi connectivity index (χ0) is 16.9. The fourth-order valence-corrected chi connectivity index (χ4v) is 2.45. The Morgan fingerprint density at radius 1 is 1.22 bits per heavy atom. The first-order valence-electron chi connectivity index (χ1n) is 6.81. The molecule has 0 atom stereocenters. The molecular weight excluding hydrogens is 314 g/mol. The predicted octanol–water partition coefficient (Wildman–Crippen LogP) is 2.41. The quantitative estimate of drug-likeness (QED) is 0.824.